The van der Waals surface area contributed by atoms with Crippen molar-refractivity contribution in [2.45, 2.75) is 39.7 Å². The lowest BCUT2D eigenvalue weighted by Gasteiger charge is -2.32. The van der Waals surface area contributed by atoms with Crippen LogP contribution in [0.15, 0.2) is 60.9 Å². The third-order valence-electron chi connectivity index (χ3n) is 6.09. The van der Waals surface area contributed by atoms with Crippen molar-refractivity contribution in [2.75, 3.05) is 18.0 Å². The molecule has 0 spiro atoms. The molecule has 5 nitrogen and oxygen atoms in total. The second kappa shape index (κ2) is 9.29. The molecule has 0 bridgehead atoms. The SMILES string of the molecule is Cc1ccc([C@@H](C)NC(=O)C2CCN(c3cc(-c4cccc(C)c4)ncn3)CC2)cc1. The predicted molar refractivity (Wildman–Crippen MR) is 125 cm³/mol. The van der Waals surface area contributed by atoms with Gasteiger partial charge >= 0.3 is 0 Å². The summed E-state index contributed by atoms with van der Waals surface area (Å²) in [5.74, 6) is 1.12. The molecule has 2 heterocycles. The quantitative estimate of drug-likeness (QED) is 0.648. The van der Waals surface area contributed by atoms with E-state index in [1.807, 2.05) is 13.0 Å². The summed E-state index contributed by atoms with van der Waals surface area (Å²) < 4.78 is 0. The van der Waals surface area contributed by atoms with Gasteiger partial charge in [0.05, 0.1) is 11.7 Å². The summed E-state index contributed by atoms with van der Waals surface area (Å²) in [5.41, 5.74) is 5.61. The normalized spacial score (nSPS) is 15.5. The monoisotopic (exact) mass is 414 g/mol. The molecule has 4 rings (SSSR count). The van der Waals surface area contributed by atoms with E-state index in [1.165, 1.54) is 11.1 Å². The number of nitrogens with zero attached hydrogens (tertiary/aromatic N) is 3. The number of piperidine rings is 1. The van der Waals surface area contributed by atoms with Gasteiger partial charge in [0, 0.05) is 30.6 Å². The molecular formula is C26H30N4O. The molecule has 0 aliphatic carbocycles. The zero-order chi connectivity index (χ0) is 21.8. The van der Waals surface area contributed by atoms with Crippen molar-refractivity contribution in [3.63, 3.8) is 0 Å². The summed E-state index contributed by atoms with van der Waals surface area (Å²) in [6.07, 6.45) is 3.29. The number of benzene rings is 2. The largest absolute Gasteiger partial charge is 0.356 e. The van der Waals surface area contributed by atoms with Crippen LogP contribution in [-0.4, -0.2) is 29.0 Å². The fourth-order valence-electron chi connectivity index (χ4n) is 4.12. The molecule has 1 amide bonds. The Balaban J connectivity index is 1.36. The molecular weight excluding hydrogens is 384 g/mol. The highest BCUT2D eigenvalue weighted by Gasteiger charge is 2.26. The van der Waals surface area contributed by atoms with Crippen LogP contribution in [0.3, 0.4) is 0 Å². The number of anilines is 1. The maximum absolute atomic E-state index is 12.8. The fourth-order valence-corrected chi connectivity index (χ4v) is 4.12. The molecule has 1 N–H and O–H groups in total. The summed E-state index contributed by atoms with van der Waals surface area (Å²) in [4.78, 5) is 24.0. The van der Waals surface area contributed by atoms with E-state index in [9.17, 15) is 4.79 Å². The van der Waals surface area contributed by atoms with Gasteiger partial charge in [0.1, 0.15) is 12.1 Å². The van der Waals surface area contributed by atoms with Gasteiger partial charge in [-0.3, -0.25) is 4.79 Å². The van der Waals surface area contributed by atoms with Crippen LogP contribution in [0.25, 0.3) is 11.3 Å². The van der Waals surface area contributed by atoms with Crippen LogP contribution in [-0.2, 0) is 4.79 Å². The topological polar surface area (TPSA) is 58.1 Å². The molecule has 2 aromatic carbocycles. The Morgan fingerprint density at radius 1 is 1.00 bits per heavy atom. The van der Waals surface area contributed by atoms with Crippen molar-refractivity contribution in [3.05, 3.63) is 77.6 Å². The molecule has 0 saturated carbocycles. The van der Waals surface area contributed by atoms with Gasteiger partial charge in [-0.1, -0.05) is 53.6 Å². The van der Waals surface area contributed by atoms with E-state index in [2.05, 4.69) is 82.6 Å². The van der Waals surface area contributed by atoms with Crippen LogP contribution in [0, 0.1) is 19.8 Å². The van der Waals surface area contributed by atoms with Gasteiger partial charge in [0.15, 0.2) is 0 Å². The molecule has 31 heavy (non-hydrogen) atoms. The molecule has 1 aromatic heterocycles. The lowest BCUT2D eigenvalue weighted by Crippen LogP contribution is -2.41. The first-order chi connectivity index (χ1) is 15.0. The standard InChI is InChI=1S/C26H30N4O/c1-18-7-9-21(10-8-18)20(3)29-26(31)22-11-13-30(14-12-22)25-16-24(27-17-28-25)23-6-4-5-19(2)15-23/h4-10,15-17,20,22H,11-14H2,1-3H3,(H,29,31)/t20-/m1/s1. The van der Waals surface area contributed by atoms with E-state index in [-0.39, 0.29) is 17.9 Å². The Morgan fingerprint density at radius 3 is 2.45 bits per heavy atom. The molecule has 1 aliphatic rings. The summed E-state index contributed by atoms with van der Waals surface area (Å²) >= 11 is 0. The van der Waals surface area contributed by atoms with Crippen molar-refractivity contribution in [3.8, 4) is 11.3 Å². The zero-order valence-electron chi connectivity index (χ0n) is 18.5. The van der Waals surface area contributed by atoms with Crippen LogP contribution in [0.5, 0.6) is 0 Å². The second-order valence-electron chi connectivity index (χ2n) is 8.53. The second-order valence-corrected chi connectivity index (χ2v) is 8.53. The average Bonchev–Trinajstić information content (AvgIpc) is 2.79. The van der Waals surface area contributed by atoms with E-state index in [0.717, 1.165) is 48.6 Å². The van der Waals surface area contributed by atoms with E-state index >= 15 is 0 Å². The summed E-state index contributed by atoms with van der Waals surface area (Å²) in [5, 5.41) is 3.19. The van der Waals surface area contributed by atoms with Crippen molar-refractivity contribution in [1.29, 1.82) is 0 Å². The highest BCUT2D eigenvalue weighted by atomic mass is 16.1. The van der Waals surface area contributed by atoms with Crippen LogP contribution in [0.2, 0.25) is 0 Å². The van der Waals surface area contributed by atoms with Gasteiger partial charge in [-0.15, -0.1) is 0 Å². The van der Waals surface area contributed by atoms with Gasteiger partial charge in [0.2, 0.25) is 5.91 Å². The number of nitrogens with one attached hydrogen (secondary N) is 1. The third-order valence-corrected chi connectivity index (χ3v) is 6.09. The first-order valence-electron chi connectivity index (χ1n) is 11.0. The van der Waals surface area contributed by atoms with Crippen molar-refractivity contribution in [1.82, 2.24) is 15.3 Å². The lowest BCUT2D eigenvalue weighted by atomic mass is 9.95. The minimum atomic E-state index is 0.0184. The van der Waals surface area contributed by atoms with E-state index in [0.29, 0.717) is 0 Å². The van der Waals surface area contributed by atoms with Crippen LogP contribution in [0.1, 0.15) is 42.5 Å². The highest BCUT2D eigenvalue weighted by molar-refractivity contribution is 5.79. The van der Waals surface area contributed by atoms with Gasteiger partial charge in [-0.05, 0) is 45.2 Å². The maximum Gasteiger partial charge on any atom is 0.223 e. The molecule has 0 radical (unpaired) electrons. The number of carbonyl (C=O) groups is 1. The Kier molecular flexibility index (Phi) is 6.31. The van der Waals surface area contributed by atoms with Gasteiger partial charge in [-0.2, -0.15) is 0 Å². The number of carbonyl (C=O) groups excluding carboxylic acids is 1. The highest BCUT2D eigenvalue weighted by Crippen LogP contribution is 2.26. The number of aromatic nitrogens is 2. The summed E-state index contributed by atoms with van der Waals surface area (Å²) in [7, 11) is 0. The third kappa shape index (κ3) is 5.10. The Bertz CT molecular complexity index is 1040. The minimum absolute atomic E-state index is 0.0184. The van der Waals surface area contributed by atoms with E-state index in [1.54, 1.807) is 6.33 Å². The van der Waals surface area contributed by atoms with Crippen molar-refractivity contribution >= 4 is 11.7 Å². The molecule has 1 aliphatic heterocycles. The molecule has 1 saturated heterocycles. The summed E-state index contributed by atoms with van der Waals surface area (Å²) in [6, 6.07) is 18.8. The molecule has 3 aromatic rings. The van der Waals surface area contributed by atoms with Gasteiger partial charge in [-0.25, -0.2) is 9.97 Å². The smallest absolute Gasteiger partial charge is 0.223 e. The average molecular weight is 415 g/mol. The Morgan fingerprint density at radius 2 is 1.74 bits per heavy atom. The first-order valence-corrected chi connectivity index (χ1v) is 11.0. The van der Waals surface area contributed by atoms with Gasteiger partial charge < -0.3 is 10.2 Å². The molecule has 1 fully saturated rings. The Hall–Kier alpha value is -3.21. The summed E-state index contributed by atoms with van der Waals surface area (Å²) in [6.45, 7) is 7.84. The number of aryl methyl sites for hydroxylation is 2. The predicted octanol–water partition coefficient (Wildman–Crippen LogP) is 4.85. The van der Waals surface area contributed by atoms with E-state index in [4.69, 9.17) is 0 Å². The zero-order valence-corrected chi connectivity index (χ0v) is 18.5. The minimum Gasteiger partial charge on any atom is -0.356 e. The Labute approximate surface area is 184 Å². The molecule has 1 atom stereocenters. The van der Waals surface area contributed by atoms with E-state index < -0.39 is 0 Å². The maximum atomic E-state index is 12.8. The molecule has 160 valence electrons. The fraction of sp³-hybridized carbons (Fsp3) is 0.346. The number of hydrogen-bond donors (Lipinski definition) is 1. The first kappa shape index (κ1) is 21.0. The van der Waals surface area contributed by atoms with Crippen LogP contribution >= 0.6 is 0 Å². The van der Waals surface area contributed by atoms with Crippen LogP contribution < -0.4 is 10.2 Å². The lowest BCUT2D eigenvalue weighted by molar-refractivity contribution is -0.126. The van der Waals surface area contributed by atoms with Crippen molar-refractivity contribution < 1.29 is 4.79 Å². The van der Waals surface area contributed by atoms with Crippen molar-refractivity contribution in [2.24, 2.45) is 5.92 Å². The molecule has 5 heteroatoms. The number of rotatable bonds is 5. The molecule has 0 unspecified atom stereocenters. The van der Waals surface area contributed by atoms with Crippen LogP contribution in [0.4, 0.5) is 5.82 Å². The number of amides is 1. The number of hydrogen-bond acceptors (Lipinski definition) is 4. The van der Waals surface area contributed by atoms with Gasteiger partial charge in [0.25, 0.3) is 0 Å².